The summed E-state index contributed by atoms with van der Waals surface area (Å²) in [6.07, 6.45) is 0.798. The van der Waals surface area contributed by atoms with E-state index in [4.69, 9.17) is 14.2 Å². The molecule has 5 nitrogen and oxygen atoms in total. The highest BCUT2D eigenvalue weighted by molar-refractivity contribution is 5.94. The number of amides is 1. The molecule has 0 radical (unpaired) electrons. The lowest BCUT2D eigenvalue weighted by Crippen LogP contribution is -2.36. The topological polar surface area (TPSA) is 56.8 Å². The van der Waals surface area contributed by atoms with Crippen LogP contribution in [-0.4, -0.2) is 32.8 Å². The molecule has 1 aliphatic heterocycles. The molecule has 2 aromatic rings. The van der Waals surface area contributed by atoms with Gasteiger partial charge in [0.05, 0.1) is 26.9 Å². The van der Waals surface area contributed by atoms with Gasteiger partial charge in [0.25, 0.3) is 5.91 Å². The maximum Gasteiger partial charge on any atom is 0.251 e. The summed E-state index contributed by atoms with van der Waals surface area (Å²) in [4.78, 5) is 12.3. The third-order valence-corrected chi connectivity index (χ3v) is 4.18. The first-order valence-corrected chi connectivity index (χ1v) is 7.90. The van der Waals surface area contributed by atoms with E-state index in [9.17, 15) is 4.79 Å². The summed E-state index contributed by atoms with van der Waals surface area (Å²) in [5, 5.41) is 2.93. The van der Waals surface area contributed by atoms with Crippen molar-refractivity contribution < 1.29 is 19.0 Å². The predicted octanol–water partition coefficient (Wildman–Crippen LogP) is 2.58. The summed E-state index contributed by atoms with van der Waals surface area (Å²) in [5.74, 6) is 0.979. The molecule has 126 valence electrons. The smallest absolute Gasteiger partial charge is 0.251 e. The van der Waals surface area contributed by atoms with Crippen molar-refractivity contribution in [2.24, 2.45) is 0 Å². The molecule has 24 heavy (non-hydrogen) atoms. The Morgan fingerprint density at radius 3 is 2.62 bits per heavy atom. The van der Waals surface area contributed by atoms with E-state index in [1.54, 1.807) is 32.4 Å². The molecule has 2 aromatic carbocycles. The number of hydrogen-bond donors (Lipinski definition) is 1. The van der Waals surface area contributed by atoms with E-state index in [0.29, 0.717) is 30.2 Å². The van der Waals surface area contributed by atoms with E-state index in [-0.39, 0.29) is 12.0 Å². The molecule has 0 aromatic heterocycles. The fourth-order valence-corrected chi connectivity index (χ4v) is 2.83. The second-order valence-electron chi connectivity index (χ2n) is 5.69. The molecular weight excluding hydrogens is 306 g/mol. The lowest BCUT2D eigenvalue weighted by atomic mass is 9.99. The Morgan fingerprint density at radius 2 is 1.88 bits per heavy atom. The third-order valence-electron chi connectivity index (χ3n) is 4.18. The third kappa shape index (κ3) is 3.51. The number of carbonyl (C=O) groups excluding carboxylic acids is 1. The monoisotopic (exact) mass is 327 g/mol. The molecule has 0 saturated carbocycles. The van der Waals surface area contributed by atoms with Crippen molar-refractivity contribution in [1.82, 2.24) is 5.32 Å². The van der Waals surface area contributed by atoms with Crippen LogP contribution in [0.1, 0.15) is 21.5 Å². The van der Waals surface area contributed by atoms with E-state index in [1.807, 2.05) is 12.1 Å². The minimum Gasteiger partial charge on any atom is -0.493 e. The zero-order chi connectivity index (χ0) is 16.9. The quantitative estimate of drug-likeness (QED) is 0.917. The van der Waals surface area contributed by atoms with Crippen molar-refractivity contribution in [2.75, 3.05) is 20.8 Å². The van der Waals surface area contributed by atoms with Crippen LogP contribution < -0.4 is 14.8 Å². The SMILES string of the molecule is COc1ccc(C(=O)NC[C@H]2Cc3ccccc3CO2)cc1OC. The van der Waals surface area contributed by atoms with Gasteiger partial charge in [-0.3, -0.25) is 4.79 Å². The van der Waals surface area contributed by atoms with Crippen LogP contribution in [-0.2, 0) is 17.8 Å². The molecular formula is C19H21NO4. The highest BCUT2D eigenvalue weighted by atomic mass is 16.5. The van der Waals surface area contributed by atoms with Gasteiger partial charge in [0, 0.05) is 18.5 Å². The van der Waals surface area contributed by atoms with Gasteiger partial charge >= 0.3 is 0 Å². The van der Waals surface area contributed by atoms with Crippen molar-refractivity contribution in [3.05, 3.63) is 59.2 Å². The van der Waals surface area contributed by atoms with Gasteiger partial charge in [0.1, 0.15) is 0 Å². The van der Waals surface area contributed by atoms with Gasteiger partial charge in [-0.1, -0.05) is 24.3 Å². The van der Waals surface area contributed by atoms with Crippen LogP contribution >= 0.6 is 0 Å². The first-order chi connectivity index (χ1) is 11.7. The van der Waals surface area contributed by atoms with Gasteiger partial charge in [-0.15, -0.1) is 0 Å². The summed E-state index contributed by atoms with van der Waals surface area (Å²) >= 11 is 0. The molecule has 0 fully saturated rings. The largest absolute Gasteiger partial charge is 0.493 e. The van der Waals surface area contributed by atoms with Crippen LogP contribution in [0.3, 0.4) is 0 Å². The Balaban J connectivity index is 1.60. The molecule has 1 N–H and O–H groups in total. The summed E-state index contributed by atoms with van der Waals surface area (Å²) in [6, 6.07) is 13.3. The number of rotatable bonds is 5. The van der Waals surface area contributed by atoms with Crippen LogP contribution in [0.25, 0.3) is 0 Å². The Kier molecular flexibility index (Phi) is 5.01. The minimum absolute atomic E-state index is 0.0102. The zero-order valence-corrected chi connectivity index (χ0v) is 13.9. The summed E-state index contributed by atoms with van der Waals surface area (Å²) in [6.45, 7) is 1.06. The molecule has 5 heteroatoms. The average molecular weight is 327 g/mol. The van der Waals surface area contributed by atoms with Gasteiger partial charge < -0.3 is 19.5 Å². The van der Waals surface area contributed by atoms with Crippen molar-refractivity contribution in [2.45, 2.75) is 19.1 Å². The van der Waals surface area contributed by atoms with E-state index in [1.165, 1.54) is 11.1 Å². The summed E-state index contributed by atoms with van der Waals surface area (Å²) in [5.41, 5.74) is 3.04. The maximum atomic E-state index is 12.3. The highest BCUT2D eigenvalue weighted by Crippen LogP contribution is 2.27. The van der Waals surface area contributed by atoms with E-state index in [2.05, 4.69) is 17.4 Å². The predicted molar refractivity (Wildman–Crippen MR) is 90.6 cm³/mol. The number of carbonyl (C=O) groups is 1. The Labute approximate surface area is 141 Å². The number of nitrogens with one attached hydrogen (secondary N) is 1. The zero-order valence-electron chi connectivity index (χ0n) is 13.9. The van der Waals surface area contributed by atoms with Crippen molar-refractivity contribution in [3.8, 4) is 11.5 Å². The molecule has 0 bridgehead atoms. The van der Waals surface area contributed by atoms with Gasteiger partial charge in [-0.2, -0.15) is 0 Å². The molecule has 0 unspecified atom stereocenters. The number of hydrogen-bond acceptors (Lipinski definition) is 4. The summed E-state index contributed by atoms with van der Waals surface area (Å²) in [7, 11) is 3.11. The first kappa shape index (κ1) is 16.3. The Bertz CT molecular complexity index is 729. The normalized spacial score (nSPS) is 16.2. The van der Waals surface area contributed by atoms with Gasteiger partial charge in [0.2, 0.25) is 0 Å². The summed E-state index contributed by atoms with van der Waals surface area (Å²) < 4.78 is 16.2. The number of benzene rings is 2. The minimum atomic E-state index is -0.154. The molecule has 0 saturated heterocycles. The fourth-order valence-electron chi connectivity index (χ4n) is 2.83. The second-order valence-corrected chi connectivity index (χ2v) is 5.69. The van der Waals surface area contributed by atoms with Crippen LogP contribution in [0.2, 0.25) is 0 Å². The van der Waals surface area contributed by atoms with E-state index in [0.717, 1.165) is 6.42 Å². The molecule has 0 aliphatic carbocycles. The van der Waals surface area contributed by atoms with Crippen LogP contribution in [0.15, 0.2) is 42.5 Å². The Morgan fingerprint density at radius 1 is 1.12 bits per heavy atom. The maximum absolute atomic E-state index is 12.3. The van der Waals surface area contributed by atoms with Crippen molar-refractivity contribution in [3.63, 3.8) is 0 Å². The van der Waals surface area contributed by atoms with Crippen LogP contribution in [0.4, 0.5) is 0 Å². The molecule has 1 atom stereocenters. The van der Waals surface area contributed by atoms with Crippen molar-refractivity contribution >= 4 is 5.91 Å². The molecule has 1 aliphatic rings. The number of ether oxygens (including phenoxy) is 3. The number of fused-ring (bicyclic) bond motifs is 1. The standard InChI is InChI=1S/C19H21NO4/c1-22-17-8-7-14(10-18(17)23-2)19(21)20-11-16-9-13-5-3-4-6-15(13)12-24-16/h3-8,10,16H,9,11-12H2,1-2H3,(H,20,21)/t16-/m1/s1. The fraction of sp³-hybridized carbons (Fsp3) is 0.316. The molecule has 0 spiro atoms. The molecule has 3 rings (SSSR count). The van der Waals surface area contributed by atoms with Crippen molar-refractivity contribution in [1.29, 1.82) is 0 Å². The van der Waals surface area contributed by atoms with E-state index < -0.39 is 0 Å². The second kappa shape index (κ2) is 7.36. The lowest BCUT2D eigenvalue weighted by Gasteiger charge is -2.25. The highest BCUT2D eigenvalue weighted by Gasteiger charge is 2.20. The van der Waals surface area contributed by atoms with E-state index >= 15 is 0 Å². The van der Waals surface area contributed by atoms with Crippen LogP contribution in [0.5, 0.6) is 11.5 Å². The Hall–Kier alpha value is -2.53. The van der Waals surface area contributed by atoms with Crippen LogP contribution in [0, 0.1) is 0 Å². The average Bonchev–Trinajstić information content (AvgIpc) is 2.65. The first-order valence-electron chi connectivity index (χ1n) is 7.90. The van der Waals surface area contributed by atoms with Gasteiger partial charge in [0.15, 0.2) is 11.5 Å². The molecule has 1 amide bonds. The molecule has 1 heterocycles. The van der Waals surface area contributed by atoms with Gasteiger partial charge in [-0.05, 0) is 29.3 Å². The number of methoxy groups -OCH3 is 2. The van der Waals surface area contributed by atoms with Gasteiger partial charge in [-0.25, -0.2) is 0 Å². The lowest BCUT2D eigenvalue weighted by molar-refractivity contribution is 0.0285.